The van der Waals surface area contributed by atoms with Gasteiger partial charge in [0.1, 0.15) is 11.6 Å². The first-order chi connectivity index (χ1) is 16.9. The quantitative estimate of drug-likeness (QED) is 0.327. The number of para-hydroxylation sites is 1. The molecular weight excluding hydrogens is 473 g/mol. The molecule has 0 bridgehead atoms. The number of ether oxygens (including phenoxy) is 1. The molecule has 176 valence electrons. The zero-order chi connectivity index (χ0) is 24.4. The number of nitrogens with one attached hydrogen (secondary N) is 2. The Hall–Kier alpha value is -4.51. The number of rotatable bonds is 7. The van der Waals surface area contributed by atoms with E-state index in [1.807, 2.05) is 0 Å². The largest absolute Gasteiger partial charge is 0.496 e. The molecule has 3 aromatic carbocycles. The first kappa shape index (κ1) is 22.3. The van der Waals surface area contributed by atoms with Crippen LogP contribution >= 0.6 is 0 Å². The summed E-state index contributed by atoms with van der Waals surface area (Å²) < 4.78 is 52.0. The molecule has 0 amide bonds. The van der Waals surface area contributed by atoms with E-state index in [4.69, 9.17) is 9.26 Å². The lowest BCUT2D eigenvalue weighted by Gasteiger charge is -2.10. The lowest BCUT2D eigenvalue weighted by atomic mass is 10.1. The Bertz CT molecular complexity index is 1620. The van der Waals surface area contributed by atoms with E-state index in [9.17, 15) is 12.8 Å². The minimum absolute atomic E-state index is 0.0425. The van der Waals surface area contributed by atoms with Gasteiger partial charge in [0.05, 0.1) is 23.1 Å². The van der Waals surface area contributed by atoms with Crippen molar-refractivity contribution < 1.29 is 22.1 Å². The van der Waals surface area contributed by atoms with Crippen LogP contribution in [-0.4, -0.2) is 30.7 Å². The summed E-state index contributed by atoms with van der Waals surface area (Å²) >= 11 is 0. The normalized spacial score (nSPS) is 11.4. The second kappa shape index (κ2) is 9.03. The summed E-state index contributed by atoms with van der Waals surface area (Å²) in [6, 6.07) is 18.9. The van der Waals surface area contributed by atoms with Gasteiger partial charge in [-0.05, 0) is 54.6 Å². The lowest BCUT2D eigenvalue weighted by molar-refractivity contribution is 0.413. The topological polar surface area (TPSA) is 119 Å². The van der Waals surface area contributed by atoms with Crippen LogP contribution in [-0.2, 0) is 10.0 Å². The summed E-state index contributed by atoms with van der Waals surface area (Å²) in [5.74, 6) is 0.316. The van der Waals surface area contributed by atoms with Gasteiger partial charge in [-0.15, -0.1) is 0 Å². The molecule has 0 aliphatic carbocycles. The van der Waals surface area contributed by atoms with Gasteiger partial charge in [-0.3, -0.25) is 4.72 Å². The molecule has 9 nitrogen and oxygen atoms in total. The molecule has 2 aromatic heterocycles. The summed E-state index contributed by atoms with van der Waals surface area (Å²) in [6.07, 6.45) is 1.55. The minimum Gasteiger partial charge on any atom is -0.496 e. The Morgan fingerprint density at radius 1 is 1.00 bits per heavy atom. The monoisotopic (exact) mass is 491 g/mol. The van der Waals surface area contributed by atoms with E-state index < -0.39 is 15.8 Å². The Morgan fingerprint density at radius 2 is 1.80 bits per heavy atom. The predicted octanol–water partition coefficient (Wildman–Crippen LogP) is 4.98. The molecule has 2 N–H and O–H groups in total. The molecule has 2 heterocycles. The number of nitrogens with zero attached hydrogens (tertiary/aromatic N) is 3. The molecule has 0 saturated heterocycles. The number of hydrogen-bond donors (Lipinski definition) is 2. The van der Waals surface area contributed by atoms with Crippen LogP contribution < -0.4 is 14.8 Å². The Labute approximate surface area is 199 Å². The fraction of sp³-hybridized carbons (Fsp3) is 0.0417. The number of hydrogen-bond acceptors (Lipinski definition) is 8. The number of aromatic nitrogens is 3. The number of fused-ring (bicyclic) bond motifs is 1. The van der Waals surface area contributed by atoms with Crippen molar-refractivity contribution in [1.29, 1.82) is 0 Å². The van der Waals surface area contributed by atoms with Gasteiger partial charge in [0.2, 0.25) is 5.95 Å². The minimum atomic E-state index is -3.89. The maximum absolute atomic E-state index is 13.5. The average molecular weight is 492 g/mol. The molecule has 0 fully saturated rings. The van der Waals surface area contributed by atoms with Crippen LogP contribution in [0.5, 0.6) is 5.75 Å². The average Bonchev–Trinajstić information content (AvgIpc) is 3.26. The van der Waals surface area contributed by atoms with E-state index in [0.717, 1.165) is 0 Å². The summed E-state index contributed by atoms with van der Waals surface area (Å²) in [4.78, 5) is 8.69. The molecule has 11 heteroatoms. The molecule has 0 radical (unpaired) electrons. The van der Waals surface area contributed by atoms with Gasteiger partial charge < -0.3 is 14.6 Å². The highest BCUT2D eigenvalue weighted by atomic mass is 32.2. The molecule has 0 saturated carbocycles. The Balaban J connectivity index is 1.35. The zero-order valence-electron chi connectivity index (χ0n) is 18.3. The first-order valence-corrected chi connectivity index (χ1v) is 11.8. The highest BCUT2D eigenvalue weighted by Gasteiger charge is 2.18. The number of methoxy groups -OCH3 is 1. The maximum Gasteiger partial charge on any atom is 0.263 e. The van der Waals surface area contributed by atoms with Crippen molar-refractivity contribution >= 4 is 38.4 Å². The van der Waals surface area contributed by atoms with Gasteiger partial charge >= 0.3 is 0 Å². The molecule has 0 spiro atoms. The molecule has 0 aliphatic heterocycles. The highest BCUT2D eigenvalue weighted by Crippen LogP contribution is 2.30. The van der Waals surface area contributed by atoms with Crippen LogP contribution in [0, 0.1) is 5.82 Å². The first-order valence-electron chi connectivity index (χ1n) is 10.3. The van der Waals surface area contributed by atoms with Crippen LogP contribution in [0.1, 0.15) is 0 Å². The van der Waals surface area contributed by atoms with Crippen molar-refractivity contribution in [3.63, 3.8) is 0 Å². The Morgan fingerprint density at radius 3 is 2.60 bits per heavy atom. The molecule has 0 aliphatic rings. The summed E-state index contributed by atoms with van der Waals surface area (Å²) in [5, 5.41) is 7.40. The van der Waals surface area contributed by atoms with Gasteiger partial charge in [0.15, 0.2) is 11.4 Å². The zero-order valence-corrected chi connectivity index (χ0v) is 19.1. The van der Waals surface area contributed by atoms with Crippen molar-refractivity contribution in [2.45, 2.75) is 4.90 Å². The standard InChI is InChI=1S/C24H18FN5O4S/c1-33-22-14-15(25)6-11-18(22)20-12-13-26-24(28-20)27-16-7-9-17(10-8-16)35(31,32)30-23-19-4-2-3-5-21(19)34-29-23/h2-14H,1H3,(H,29,30)(H,26,27,28). The highest BCUT2D eigenvalue weighted by molar-refractivity contribution is 7.92. The predicted molar refractivity (Wildman–Crippen MR) is 129 cm³/mol. The van der Waals surface area contributed by atoms with Crippen LogP contribution in [0.15, 0.2) is 88.4 Å². The second-order valence-electron chi connectivity index (χ2n) is 7.39. The van der Waals surface area contributed by atoms with Crippen LogP contribution in [0.25, 0.3) is 22.2 Å². The molecule has 35 heavy (non-hydrogen) atoms. The van der Waals surface area contributed by atoms with E-state index in [1.165, 1.54) is 31.4 Å². The third-order valence-electron chi connectivity index (χ3n) is 5.12. The molecule has 5 rings (SSSR count). The van der Waals surface area contributed by atoms with Gasteiger partial charge in [0, 0.05) is 23.5 Å². The third kappa shape index (κ3) is 4.62. The van der Waals surface area contributed by atoms with Crippen LogP contribution in [0.3, 0.4) is 0 Å². The van der Waals surface area contributed by atoms with Gasteiger partial charge in [-0.1, -0.05) is 17.3 Å². The van der Waals surface area contributed by atoms with Gasteiger partial charge in [-0.25, -0.2) is 22.8 Å². The van der Waals surface area contributed by atoms with Crippen LogP contribution in [0.2, 0.25) is 0 Å². The van der Waals surface area contributed by atoms with Gasteiger partial charge in [0.25, 0.3) is 10.0 Å². The fourth-order valence-corrected chi connectivity index (χ4v) is 4.45. The molecule has 5 aromatic rings. The summed E-state index contributed by atoms with van der Waals surface area (Å²) in [7, 11) is -2.44. The SMILES string of the molecule is COc1cc(F)ccc1-c1ccnc(Nc2ccc(S(=O)(=O)Nc3noc4ccccc34)cc2)n1. The van der Waals surface area contributed by atoms with E-state index in [1.54, 1.807) is 54.7 Å². The summed E-state index contributed by atoms with van der Waals surface area (Å²) in [6.45, 7) is 0. The lowest BCUT2D eigenvalue weighted by Crippen LogP contribution is -2.13. The van der Waals surface area contributed by atoms with E-state index in [-0.39, 0.29) is 16.7 Å². The second-order valence-corrected chi connectivity index (χ2v) is 9.07. The number of sulfonamides is 1. The van der Waals surface area contributed by atoms with Crippen molar-refractivity contribution in [2.75, 3.05) is 17.1 Å². The van der Waals surface area contributed by atoms with E-state index in [2.05, 4.69) is 25.2 Å². The van der Waals surface area contributed by atoms with Crippen molar-refractivity contribution in [3.8, 4) is 17.0 Å². The van der Waals surface area contributed by atoms with E-state index in [0.29, 0.717) is 33.7 Å². The number of benzene rings is 3. The van der Waals surface area contributed by atoms with Crippen LogP contribution in [0.4, 0.5) is 21.8 Å². The van der Waals surface area contributed by atoms with Crippen molar-refractivity contribution in [3.05, 3.63) is 84.8 Å². The molecule has 0 unspecified atom stereocenters. The van der Waals surface area contributed by atoms with Crippen molar-refractivity contribution in [2.24, 2.45) is 0 Å². The molecular formula is C24H18FN5O4S. The Kier molecular flexibility index (Phi) is 5.75. The fourth-order valence-electron chi connectivity index (χ4n) is 3.44. The summed E-state index contributed by atoms with van der Waals surface area (Å²) in [5.41, 5.74) is 2.18. The van der Waals surface area contributed by atoms with E-state index >= 15 is 0 Å². The maximum atomic E-state index is 13.5. The smallest absolute Gasteiger partial charge is 0.263 e. The van der Waals surface area contributed by atoms with Gasteiger partial charge in [-0.2, -0.15) is 0 Å². The molecule has 0 atom stereocenters. The number of halogens is 1. The van der Waals surface area contributed by atoms with Crippen molar-refractivity contribution in [1.82, 2.24) is 15.1 Å². The number of anilines is 3. The third-order valence-corrected chi connectivity index (χ3v) is 6.48.